The summed E-state index contributed by atoms with van der Waals surface area (Å²) in [7, 11) is 0. The SMILES string of the molecule is CCOc1ccc([C@H](c2sc3nc(CC)nn3c2O)N2CCN(CC)CC2)cc1. The van der Waals surface area contributed by atoms with Crippen molar-refractivity contribution in [2.75, 3.05) is 39.3 Å². The zero-order chi connectivity index (χ0) is 20.4. The van der Waals surface area contributed by atoms with Gasteiger partial charge in [-0.05, 0) is 31.2 Å². The number of ether oxygens (including phenoxy) is 1. The number of piperazine rings is 1. The second-order valence-electron chi connectivity index (χ2n) is 7.24. The molecular formula is C21H29N5O2S. The second-order valence-corrected chi connectivity index (χ2v) is 8.25. The highest BCUT2D eigenvalue weighted by Crippen LogP contribution is 2.40. The lowest BCUT2D eigenvalue weighted by Crippen LogP contribution is -2.47. The molecule has 3 heterocycles. The van der Waals surface area contributed by atoms with E-state index in [0.717, 1.165) is 66.1 Å². The molecule has 2 aromatic heterocycles. The van der Waals surface area contributed by atoms with Crippen LogP contribution in [-0.2, 0) is 6.42 Å². The molecule has 1 fully saturated rings. The number of fused-ring (bicyclic) bond motifs is 1. The Bertz CT molecular complexity index is 944. The highest BCUT2D eigenvalue weighted by Gasteiger charge is 2.31. The maximum atomic E-state index is 11.0. The van der Waals surface area contributed by atoms with Crippen molar-refractivity contribution in [2.45, 2.75) is 33.2 Å². The van der Waals surface area contributed by atoms with Crippen LogP contribution in [0.15, 0.2) is 24.3 Å². The van der Waals surface area contributed by atoms with Crippen molar-refractivity contribution in [3.05, 3.63) is 40.5 Å². The van der Waals surface area contributed by atoms with E-state index >= 15 is 0 Å². The smallest absolute Gasteiger partial charge is 0.230 e. The Morgan fingerprint density at radius 2 is 1.83 bits per heavy atom. The minimum Gasteiger partial charge on any atom is -0.494 e. The van der Waals surface area contributed by atoms with Crippen molar-refractivity contribution in [1.29, 1.82) is 0 Å². The average molecular weight is 416 g/mol. The molecule has 8 heteroatoms. The van der Waals surface area contributed by atoms with Gasteiger partial charge in [0.1, 0.15) is 5.75 Å². The molecule has 0 aliphatic carbocycles. The van der Waals surface area contributed by atoms with Gasteiger partial charge in [-0.2, -0.15) is 4.52 Å². The summed E-state index contributed by atoms with van der Waals surface area (Å²) in [5, 5.41) is 15.5. The highest BCUT2D eigenvalue weighted by atomic mass is 32.1. The van der Waals surface area contributed by atoms with E-state index in [4.69, 9.17) is 4.74 Å². The van der Waals surface area contributed by atoms with Crippen molar-refractivity contribution in [3.63, 3.8) is 0 Å². The van der Waals surface area contributed by atoms with Gasteiger partial charge in [0.05, 0.1) is 17.5 Å². The molecule has 0 radical (unpaired) electrons. The fraction of sp³-hybridized carbons (Fsp3) is 0.524. The molecule has 1 aromatic carbocycles. The summed E-state index contributed by atoms with van der Waals surface area (Å²) < 4.78 is 7.20. The molecule has 3 aromatic rings. The average Bonchev–Trinajstić information content (AvgIpc) is 3.29. The number of aryl methyl sites for hydroxylation is 1. The third-order valence-electron chi connectivity index (χ3n) is 5.53. The summed E-state index contributed by atoms with van der Waals surface area (Å²) in [5.41, 5.74) is 1.15. The molecule has 1 saturated heterocycles. The maximum Gasteiger partial charge on any atom is 0.230 e. The monoisotopic (exact) mass is 415 g/mol. The first-order valence-electron chi connectivity index (χ1n) is 10.4. The van der Waals surface area contributed by atoms with Crippen LogP contribution < -0.4 is 4.74 Å². The van der Waals surface area contributed by atoms with Gasteiger partial charge in [0.2, 0.25) is 10.8 Å². The summed E-state index contributed by atoms with van der Waals surface area (Å²) in [5.74, 6) is 1.83. The van der Waals surface area contributed by atoms with E-state index in [0.29, 0.717) is 6.61 Å². The predicted octanol–water partition coefficient (Wildman–Crippen LogP) is 3.18. The van der Waals surface area contributed by atoms with Gasteiger partial charge in [0.15, 0.2) is 5.82 Å². The largest absolute Gasteiger partial charge is 0.494 e. The Balaban J connectivity index is 1.72. The first-order chi connectivity index (χ1) is 14.1. The Kier molecular flexibility index (Phi) is 6.03. The third kappa shape index (κ3) is 3.97. The van der Waals surface area contributed by atoms with Gasteiger partial charge >= 0.3 is 0 Å². The first-order valence-corrected chi connectivity index (χ1v) is 11.2. The Labute approximate surface area is 175 Å². The second kappa shape index (κ2) is 8.69. The summed E-state index contributed by atoms with van der Waals surface area (Å²) in [4.78, 5) is 11.1. The van der Waals surface area contributed by atoms with E-state index in [2.05, 4.69) is 38.9 Å². The molecular weight excluding hydrogens is 386 g/mol. The van der Waals surface area contributed by atoms with Crippen LogP contribution in [0.3, 0.4) is 0 Å². The molecule has 4 rings (SSSR count). The van der Waals surface area contributed by atoms with Gasteiger partial charge in [-0.1, -0.05) is 37.3 Å². The lowest BCUT2D eigenvalue weighted by atomic mass is 10.0. The van der Waals surface area contributed by atoms with Gasteiger partial charge in [0, 0.05) is 32.6 Å². The van der Waals surface area contributed by atoms with E-state index in [-0.39, 0.29) is 11.9 Å². The van der Waals surface area contributed by atoms with E-state index in [9.17, 15) is 5.11 Å². The predicted molar refractivity (Wildman–Crippen MR) is 115 cm³/mol. The number of nitrogens with zero attached hydrogens (tertiary/aromatic N) is 5. The molecule has 156 valence electrons. The molecule has 0 spiro atoms. The van der Waals surface area contributed by atoms with Crippen LogP contribution in [-0.4, -0.2) is 68.8 Å². The zero-order valence-corrected chi connectivity index (χ0v) is 18.2. The van der Waals surface area contributed by atoms with Crippen molar-refractivity contribution in [2.24, 2.45) is 0 Å². The van der Waals surface area contributed by atoms with E-state index in [1.54, 1.807) is 4.52 Å². The summed E-state index contributed by atoms with van der Waals surface area (Å²) >= 11 is 1.53. The number of aromatic nitrogens is 3. The van der Waals surface area contributed by atoms with Crippen LogP contribution in [0.2, 0.25) is 0 Å². The molecule has 0 amide bonds. The molecule has 1 N–H and O–H groups in total. The Hall–Kier alpha value is -2.16. The molecule has 7 nitrogen and oxygen atoms in total. The summed E-state index contributed by atoms with van der Waals surface area (Å²) in [6.45, 7) is 11.9. The number of thiazole rings is 1. The standard InChI is InChI=1S/C21H29N5O2S/c1-4-17-22-21-26(23-17)20(27)19(29-21)18(25-13-11-24(5-2)12-14-25)15-7-9-16(10-8-15)28-6-3/h7-10,18,27H,4-6,11-14H2,1-3H3/t18-/m1/s1. The van der Waals surface area contributed by atoms with Gasteiger partial charge in [0.25, 0.3) is 0 Å². The van der Waals surface area contributed by atoms with Crippen molar-refractivity contribution < 1.29 is 9.84 Å². The third-order valence-corrected chi connectivity index (χ3v) is 6.61. The Morgan fingerprint density at radius 1 is 1.10 bits per heavy atom. The van der Waals surface area contributed by atoms with Crippen LogP contribution in [0.25, 0.3) is 4.96 Å². The number of rotatable bonds is 7. The number of aromatic hydroxyl groups is 1. The minimum absolute atomic E-state index is 0.0248. The zero-order valence-electron chi connectivity index (χ0n) is 17.3. The number of likely N-dealkylation sites (N-methyl/N-ethyl adjacent to an activating group) is 1. The molecule has 0 saturated carbocycles. The number of hydrogen-bond donors (Lipinski definition) is 1. The van der Waals surface area contributed by atoms with Crippen molar-refractivity contribution in [3.8, 4) is 11.6 Å². The van der Waals surface area contributed by atoms with Gasteiger partial charge in [-0.15, -0.1) is 5.10 Å². The van der Waals surface area contributed by atoms with Crippen LogP contribution in [0.4, 0.5) is 0 Å². The quantitative estimate of drug-likeness (QED) is 0.639. The fourth-order valence-corrected chi connectivity index (χ4v) is 5.03. The molecule has 0 bridgehead atoms. The summed E-state index contributed by atoms with van der Waals surface area (Å²) in [6.07, 6.45) is 0.754. The molecule has 1 aliphatic heterocycles. The van der Waals surface area contributed by atoms with Crippen LogP contribution >= 0.6 is 11.3 Å². The molecule has 1 aliphatic rings. The van der Waals surface area contributed by atoms with E-state index in [1.807, 2.05) is 26.0 Å². The van der Waals surface area contributed by atoms with Gasteiger partial charge < -0.3 is 14.7 Å². The molecule has 0 unspecified atom stereocenters. The minimum atomic E-state index is -0.0248. The lowest BCUT2D eigenvalue weighted by molar-refractivity contribution is 0.113. The maximum absolute atomic E-state index is 11.0. The highest BCUT2D eigenvalue weighted by molar-refractivity contribution is 7.17. The normalized spacial score (nSPS) is 17.1. The van der Waals surface area contributed by atoms with Crippen molar-refractivity contribution >= 4 is 16.3 Å². The fourth-order valence-electron chi connectivity index (χ4n) is 3.90. The molecule has 1 atom stereocenters. The van der Waals surface area contributed by atoms with Gasteiger partial charge in [-0.3, -0.25) is 4.90 Å². The van der Waals surface area contributed by atoms with E-state index < -0.39 is 0 Å². The topological polar surface area (TPSA) is 66.1 Å². The Morgan fingerprint density at radius 3 is 2.41 bits per heavy atom. The molecule has 29 heavy (non-hydrogen) atoms. The van der Waals surface area contributed by atoms with Crippen LogP contribution in [0.5, 0.6) is 11.6 Å². The van der Waals surface area contributed by atoms with Crippen molar-refractivity contribution in [1.82, 2.24) is 24.4 Å². The lowest BCUT2D eigenvalue weighted by Gasteiger charge is -2.38. The van der Waals surface area contributed by atoms with Crippen LogP contribution in [0.1, 0.15) is 43.1 Å². The first kappa shape index (κ1) is 20.1. The number of hydrogen-bond acceptors (Lipinski definition) is 7. The van der Waals surface area contributed by atoms with E-state index in [1.165, 1.54) is 11.3 Å². The number of benzene rings is 1. The van der Waals surface area contributed by atoms with Gasteiger partial charge in [-0.25, -0.2) is 4.98 Å². The van der Waals surface area contributed by atoms with Crippen LogP contribution in [0, 0.1) is 0 Å². The summed E-state index contributed by atoms with van der Waals surface area (Å²) in [6, 6.07) is 8.21.